The fourth-order valence-electron chi connectivity index (χ4n) is 1.43. The van der Waals surface area contributed by atoms with Gasteiger partial charge in [-0.25, -0.2) is 4.98 Å². The van der Waals surface area contributed by atoms with Crippen molar-refractivity contribution >= 4 is 5.78 Å². The van der Waals surface area contributed by atoms with Crippen LogP contribution in [0.25, 0.3) is 0 Å². The molecular weight excluding hydrogens is 176 g/mol. The number of unbranched alkanes of at least 4 members (excludes halogenated alkanes) is 1. The molecule has 1 rings (SSSR count). The highest BCUT2D eigenvalue weighted by Gasteiger charge is 2.07. The summed E-state index contributed by atoms with van der Waals surface area (Å²) >= 11 is 0. The molecule has 0 saturated carbocycles. The molecule has 0 unspecified atom stereocenters. The minimum Gasteiger partial charge on any atom is -0.335 e. The number of nitrogens with zero attached hydrogens (tertiary/aromatic N) is 2. The quantitative estimate of drug-likeness (QED) is 0.696. The summed E-state index contributed by atoms with van der Waals surface area (Å²) in [6, 6.07) is 0. The number of aromatic nitrogens is 2. The van der Waals surface area contributed by atoms with Crippen molar-refractivity contribution in [3.63, 3.8) is 0 Å². The van der Waals surface area contributed by atoms with E-state index in [0.717, 1.165) is 25.2 Å². The van der Waals surface area contributed by atoms with Crippen molar-refractivity contribution in [2.75, 3.05) is 0 Å². The van der Waals surface area contributed by atoms with Crippen LogP contribution in [0.15, 0.2) is 12.4 Å². The van der Waals surface area contributed by atoms with Gasteiger partial charge >= 0.3 is 0 Å². The number of aryl methyl sites for hydroxylation is 1. The van der Waals surface area contributed by atoms with Gasteiger partial charge in [0.2, 0.25) is 0 Å². The van der Waals surface area contributed by atoms with Gasteiger partial charge in [-0.1, -0.05) is 13.3 Å². The maximum absolute atomic E-state index is 11.5. The van der Waals surface area contributed by atoms with Gasteiger partial charge in [0.1, 0.15) is 11.6 Å². The van der Waals surface area contributed by atoms with Gasteiger partial charge in [-0.05, 0) is 13.3 Å². The first-order valence-corrected chi connectivity index (χ1v) is 5.29. The van der Waals surface area contributed by atoms with Crippen LogP contribution in [0, 0.1) is 0 Å². The molecule has 0 atom stereocenters. The van der Waals surface area contributed by atoms with Crippen LogP contribution in [-0.2, 0) is 17.8 Å². The average molecular weight is 194 g/mol. The van der Waals surface area contributed by atoms with Crippen LogP contribution in [0.2, 0.25) is 0 Å². The van der Waals surface area contributed by atoms with Gasteiger partial charge in [0.05, 0.1) is 6.42 Å². The summed E-state index contributed by atoms with van der Waals surface area (Å²) in [5, 5.41) is 0. The van der Waals surface area contributed by atoms with Crippen molar-refractivity contribution in [3.05, 3.63) is 18.2 Å². The number of ketones is 1. The maximum Gasteiger partial charge on any atom is 0.140 e. The van der Waals surface area contributed by atoms with E-state index in [1.807, 2.05) is 10.8 Å². The molecule has 0 saturated heterocycles. The second-order valence-corrected chi connectivity index (χ2v) is 3.45. The van der Waals surface area contributed by atoms with E-state index < -0.39 is 0 Å². The van der Waals surface area contributed by atoms with Crippen LogP contribution in [0.3, 0.4) is 0 Å². The summed E-state index contributed by atoms with van der Waals surface area (Å²) in [4.78, 5) is 15.7. The zero-order chi connectivity index (χ0) is 10.4. The molecule has 3 nitrogen and oxygen atoms in total. The molecular formula is C11H18N2O. The standard InChI is InChI=1S/C11H18N2O/c1-3-5-6-10(14)9-11-12-7-8-13(11)4-2/h7-8H,3-6,9H2,1-2H3. The minimum absolute atomic E-state index is 0.299. The molecule has 1 heterocycles. The van der Waals surface area contributed by atoms with Crippen molar-refractivity contribution in [3.8, 4) is 0 Å². The molecule has 0 spiro atoms. The lowest BCUT2D eigenvalue weighted by atomic mass is 10.1. The van der Waals surface area contributed by atoms with Gasteiger partial charge in [0.25, 0.3) is 0 Å². The van der Waals surface area contributed by atoms with E-state index in [1.54, 1.807) is 6.20 Å². The number of Topliss-reactive ketones (excluding diaryl/α,β-unsaturated/α-hetero) is 1. The summed E-state index contributed by atoms with van der Waals surface area (Å²) in [6.07, 6.45) is 6.92. The second kappa shape index (κ2) is 5.58. The zero-order valence-corrected chi connectivity index (χ0v) is 8.99. The van der Waals surface area contributed by atoms with Gasteiger partial charge in [-0.15, -0.1) is 0 Å². The first kappa shape index (κ1) is 11.0. The summed E-state index contributed by atoms with van der Waals surface area (Å²) in [5.41, 5.74) is 0. The number of imidazole rings is 1. The molecule has 0 radical (unpaired) electrons. The smallest absolute Gasteiger partial charge is 0.140 e. The van der Waals surface area contributed by atoms with Crippen molar-refractivity contribution in [2.45, 2.75) is 46.1 Å². The minimum atomic E-state index is 0.299. The number of carbonyl (C=O) groups excluding carboxylic acids is 1. The first-order chi connectivity index (χ1) is 6.77. The molecule has 78 valence electrons. The maximum atomic E-state index is 11.5. The van der Waals surface area contributed by atoms with Crippen LogP contribution in [0.1, 0.15) is 38.9 Å². The van der Waals surface area contributed by atoms with E-state index in [4.69, 9.17) is 0 Å². The molecule has 3 heteroatoms. The highest BCUT2D eigenvalue weighted by molar-refractivity contribution is 5.80. The van der Waals surface area contributed by atoms with Crippen LogP contribution < -0.4 is 0 Å². The summed E-state index contributed by atoms with van der Waals surface area (Å²) < 4.78 is 2.02. The first-order valence-electron chi connectivity index (χ1n) is 5.29. The molecule has 14 heavy (non-hydrogen) atoms. The SMILES string of the molecule is CCCCC(=O)Cc1nccn1CC. The summed E-state index contributed by atoms with van der Waals surface area (Å²) in [7, 11) is 0. The van der Waals surface area contributed by atoms with Crippen molar-refractivity contribution in [1.29, 1.82) is 0 Å². The Morgan fingerprint density at radius 2 is 2.29 bits per heavy atom. The van der Waals surface area contributed by atoms with Crippen molar-refractivity contribution in [1.82, 2.24) is 9.55 Å². The van der Waals surface area contributed by atoms with Gasteiger partial charge in [0, 0.05) is 25.4 Å². The van der Waals surface area contributed by atoms with Crippen molar-refractivity contribution in [2.24, 2.45) is 0 Å². The lowest BCUT2D eigenvalue weighted by Crippen LogP contribution is -2.08. The molecule has 0 fully saturated rings. The van der Waals surface area contributed by atoms with Crippen LogP contribution >= 0.6 is 0 Å². The molecule has 0 N–H and O–H groups in total. The Morgan fingerprint density at radius 3 is 2.93 bits per heavy atom. The lowest BCUT2D eigenvalue weighted by Gasteiger charge is -2.03. The van der Waals surface area contributed by atoms with Gasteiger partial charge < -0.3 is 4.57 Å². The van der Waals surface area contributed by atoms with Crippen molar-refractivity contribution < 1.29 is 4.79 Å². The fraction of sp³-hybridized carbons (Fsp3) is 0.636. The molecule has 0 amide bonds. The molecule has 0 aliphatic carbocycles. The monoisotopic (exact) mass is 194 g/mol. The molecule has 1 aromatic heterocycles. The van der Waals surface area contributed by atoms with Crippen LogP contribution in [0.4, 0.5) is 0 Å². The molecule has 0 bridgehead atoms. The van der Waals surface area contributed by atoms with E-state index in [1.165, 1.54) is 0 Å². The third-order valence-corrected chi connectivity index (χ3v) is 2.31. The molecule has 1 aromatic rings. The highest BCUT2D eigenvalue weighted by Crippen LogP contribution is 2.03. The van der Waals surface area contributed by atoms with Gasteiger partial charge in [-0.3, -0.25) is 4.79 Å². The number of hydrogen-bond donors (Lipinski definition) is 0. The van der Waals surface area contributed by atoms with Gasteiger partial charge in [0.15, 0.2) is 0 Å². The predicted molar refractivity (Wildman–Crippen MR) is 56.1 cm³/mol. The zero-order valence-electron chi connectivity index (χ0n) is 8.99. The Balaban J connectivity index is 2.47. The van der Waals surface area contributed by atoms with E-state index in [2.05, 4.69) is 18.8 Å². The Morgan fingerprint density at radius 1 is 1.50 bits per heavy atom. The normalized spacial score (nSPS) is 10.4. The van der Waals surface area contributed by atoms with Crippen LogP contribution in [0.5, 0.6) is 0 Å². The van der Waals surface area contributed by atoms with Gasteiger partial charge in [-0.2, -0.15) is 0 Å². The van der Waals surface area contributed by atoms with E-state index in [0.29, 0.717) is 18.6 Å². The Labute approximate surface area is 85.2 Å². The third-order valence-electron chi connectivity index (χ3n) is 2.31. The fourth-order valence-corrected chi connectivity index (χ4v) is 1.43. The second-order valence-electron chi connectivity index (χ2n) is 3.45. The molecule has 0 aliphatic heterocycles. The number of rotatable bonds is 6. The van der Waals surface area contributed by atoms with Crippen LogP contribution in [-0.4, -0.2) is 15.3 Å². The highest BCUT2D eigenvalue weighted by atomic mass is 16.1. The summed E-state index contributed by atoms with van der Waals surface area (Å²) in [6.45, 7) is 5.04. The summed E-state index contributed by atoms with van der Waals surface area (Å²) in [5.74, 6) is 1.20. The number of carbonyl (C=O) groups is 1. The third kappa shape index (κ3) is 2.98. The topological polar surface area (TPSA) is 34.9 Å². The lowest BCUT2D eigenvalue weighted by molar-refractivity contribution is -0.118. The Kier molecular flexibility index (Phi) is 4.36. The van der Waals surface area contributed by atoms with E-state index >= 15 is 0 Å². The van der Waals surface area contributed by atoms with E-state index in [-0.39, 0.29) is 0 Å². The van der Waals surface area contributed by atoms with E-state index in [9.17, 15) is 4.79 Å². The largest absolute Gasteiger partial charge is 0.335 e. The Bertz CT molecular complexity index is 291. The number of hydrogen-bond acceptors (Lipinski definition) is 2. The Hall–Kier alpha value is -1.12. The molecule has 0 aromatic carbocycles. The molecule has 0 aliphatic rings. The predicted octanol–water partition coefficient (Wildman–Crippen LogP) is 2.20. The average Bonchev–Trinajstić information content (AvgIpc) is 2.62.